The first-order valence-electron chi connectivity index (χ1n) is 25.5. The SMILES string of the molecule is CCN(CC)C(=O)c1ccc(N(c2cc(C(N)=O)cc(-c3c(C(N)=O)cccc3N(c3ccc(C(=O)N(CC)CC)cc3)C3CCN(C(C)c4ncc[nH]4)CC3)c2)C2CCN(Cc3ccncc3)CC2)cc1. The number of carbonyl (C=O) groups is 4. The summed E-state index contributed by atoms with van der Waals surface area (Å²) in [6, 6.07) is 30.8. The molecule has 0 radical (unpaired) electrons. The molecule has 5 N–H and O–H groups in total. The molecule has 4 amide bonds. The number of anilines is 4. The number of amides is 4. The van der Waals surface area contributed by atoms with Gasteiger partial charge in [-0.2, -0.15) is 0 Å². The number of aromatic amines is 1. The van der Waals surface area contributed by atoms with Crippen LogP contribution in [-0.2, 0) is 6.54 Å². The molecule has 6 aromatic rings. The smallest absolute Gasteiger partial charge is 0.253 e. The molecule has 2 fully saturated rings. The summed E-state index contributed by atoms with van der Waals surface area (Å²) in [6.45, 7) is 16.5. The molecule has 72 heavy (non-hydrogen) atoms. The van der Waals surface area contributed by atoms with Gasteiger partial charge in [-0.1, -0.05) is 6.07 Å². The minimum absolute atomic E-state index is 0.00678. The molecule has 1 atom stereocenters. The summed E-state index contributed by atoms with van der Waals surface area (Å²) < 4.78 is 0. The lowest BCUT2D eigenvalue weighted by Crippen LogP contribution is -2.44. The molecule has 2 saturated heterocycles. The highest BCUT2D eigenvalue weighted by Crippen LogP contribution is 2.44. The number of piperidine rings is 2. The van der Waals surface area contributed by atoms with Gasteiger partial charge in [-0.3, -0.25) is 34.0 Å². The quantitative estimate of drug-likeness (QED) is 0.0710. The average molecular weight is 972 g/mol. The summed E-state index contributed by atoms with van der Waals surface area (Å²) in [7, 11) is 0. The number of nitrogens with zero attached hydrogens (tertiary/aromatic N) is 8. The van der Waals surface area contributed by atoms with E-state index >= 15 is 0 Å². The van der Waals surface area contributed by atoms with Crippen LogP contribution in [0.25, 0.3) is 11.1 Å². The van der Waals surface area contributed by atoms with Crippen molar-refractivity contribution < 1.29 is 19.2 Å². The molecular weight excluding hydrogens is 903 g/mol. The second-order valence-electron chi connectivity index (χ2n) is 18.8. The summed E-state index contributed by atoms with van der Waals surface area (Å²) in [6.07, 6.45) is 10.4. The Morgan fingerprint density at radius 2 is 1.19 bits per heavy atom. The van der Waals surface area contributed by atoms with Crippen LogP contribution in [0.15, 0.2) is 122 Å². The van der Waals surface area contributed by atoms with Crippen LogP contribution in [0.5, 0.6) is 0 Å². The number of nitrogens with one attached hydrogen (secondary N) is 1. The van der Waals surface area contributed by atoms with E-state index in [1.165, 1.54) is 5.56 Å². The molecule has 4 heterocycles. The molecule has 2 aliphatic heterocycles. The number of nitrogens with two attached hydrogens (primary N) is 2. The largest absolute Gasteiger partial charge is 0.366 e. The van der Waals surface area contributed by atoms with E-state index in [0.717, 1.165) is 81.3 Å². The Morgan fingerprint density at radius 1 is 0.639 bits per heavy atom. The number of primary amides is 2. The van der Waals surface area contributed by atoms with Gasteiger partial charge in [0.05, 0.1) is 11.7 Å². The zero-order valence-electron chi connectivity index (χ0n) is 42.3. The lowest BCUT2D eigenvalue weighted by molar-refractivity contribution is 0.0765. The number of rotatable bonds is 19. The van der Waals surface area contributed by atoms with Crippen molar-refractivity contribution in [3.63, 3.8) is 0 Å². The summed E-state index contributed by atoms with van der Waals surface area (Å²) in [5, 5.41) is 0. The van der Waals surface area contributed by atoms with Gasteiger partial charge in [-0.05, 0) is 162 Å². The minimum Gasteiger partial charge on any atom is -0.366 e. The Kier molecular flexibility index (Phi) is 16.5. The Bertz CT molecular complexity index is 2780. The van der Waals surface area contributed by atoms with E-state index in [-0.39, 0.29) is 41.1 Å². The van der Waals surface area contributed by atoms with Crippen LogP contribution in [0, 0.1) is 0 Å². The minimum atomic E-state index is -0.619. The molecule has 15 heteroatoms. The van der Waals surface area contributed by atoms with Gasteiger partial charge < -0.3 is 36.1 Å². The third kappa shape index (κ3) is 11.2. The van der Waals surface area contributed by atoms with E-state index < -0.39 is 11.8 Å². The summed E-state index contributed by atoms with van der Waals surface area (Å²) in [5.41, 5.74) is 19.8. The Hall–Kier alpha value is -7.36. The van der Waals surface area contributed by atoms with E-state index in [9.17, 15) is 19.2 Å². The molecular formula is C57H69N11O4. The molecule has 8 rings (SSSR count). The van der Waals surface area contributed by atoms with E-state index in [2.05, 4.69) is 41.5 Å². The van der Waals surface area contributed by atoms with Crippen molar-refractivity contribution in [2.75, 3.05) is 62.2 Å². The number of hydrogen-bond donors (Lipinski definition) is 3. The fourth-order valence-corrected chi connectivity index (χ4v) is 10.6. The molecule has 0 aliphatic carbocycles. The topological polar surface area (TPSA) is 181 Å². The summed E-state index contributed by atoms with van der Waals surface area (Å²) in [4.78, 5) is 79.6. The summed E-state index contributed by atoms with van der Waals surface area (Å²) in [5.74, 6) is -0.407. The molecule has 0 bridgehead atoms. The van der Waals surface area contributed by atoms with Crippen molar-refractivity contribution >= 4 is 46.4 Å². The lowest BCUT2D eigenvalue weighted by Gasteiger charge is -2.42. The number of benzene rings is 4. The maximum Gasteiger partial charge on any atom is 0.253 e. The van der Waals surface area contributed by atoms with Gasteiger partial charge in [0.2, 0.25) is 11.8 Å². The van der Waals surface area contributed by atoms with Crippen LogP contribution in [0.1, 0.15) is 119 Å². The third-order valence-electron chi connectivity index (χ3n) is 14.6. The van der Waals surface area contributed by atoms with Crippen LogP contribution in [0.4, 0.5) is 22.7 Å². The monoisotopic (exact) mass is 972 g/mol. The fraction of sp³-hybridized carbons (Fsp3) is 0.368. The van der Waals surface area contributed by atoms with Gasteiger partial charge in [0.25, 0.3) is 11.8 Å². The Morgan fingerprint density at radius 3 is 1.72 bits per heavy atom. The number of pyridine rings is 1. The van der Waals surface area contributed by atoms with Crippen molar-refractivity contribution in [2.45, 2.75) is 85.0 Å². The maximum atomic E-state index is 13.8. The van der Waals surface area contributed by atoms with Crippen molar-refractivity contribution in [1.29, 1.82) is 0 Å². The summed E-state index contributed by atoms with van der Waals surface area (Å²) >= 11 is 0. The normalized spacial score (nSPS) is 15.2. The van der Waals surface area contributed by atoms with Gasteiger partial charge in [-0.15, -0.1) is 0 Å². The van der Waals surface area contributed by atoms with Gasteiger partial charge in [-0.25, -0.2) is 4.98 Å². The average Bonchev–Trinajstić information content (AvgIpc) is 3.96. The standard InChI is InChI=1S/C57H69N11O4/c1-6-64(7-2)56(71)41-13-17-45(18-14-41)67(47-23-31-63(32-24-47)38-40-21-27-60-28-22-40)49-36-43(35-44(37-49)53(58)69)52-50(54(59)70)11-10-12-51(52)68(46-19-15-42(16-20-46)57(72)65(8-3)9-4)48-25-33-66(34-26-48)39(5)55-61-29-30-62-55/h10-22,27-30,35-37,39,47-48H,6-9,23-26,31-34,38H2,1-5H3,(H2,58,69)(H2,59,70)(H,61,62). The lowest BCUT2D eigenvalue weighted by atomic mass is 9.91. The van der Waals surface area contributed by atoms with E-state index in [1.54, 1.807) is 28.1 Å². The predicted molar refractivity (Wildman–Crippen MR) is 285 cm³/mol. The first kappa shape index (κ1) is 51.0. The molecule has 15 nitrogen and oxygen atoms in total. The van der Waals surface area contributed by atoms with Gasteiger partial charge in [0, 0.05) is 141 Å². The van der Waals surface area contributed by atoms with Crippen LogP contribution in [-0.4, -0.2) is 123 Å². The number of H-pyrrole nitrogens is 1. The number of hydrogen-bond acceptors (Lipinski definition) is 10. The molecule has 0 spiro atoms. The zero-order valence-corrected chi connectivity index (χ0v) is 42.3. The van der Waals surface area contributed by atoms with Crippen molar-refractivity contribution in [3.8, 4) is 11.1 Å². The first-order chi connectivity index (χ1) is 34.9. The van der Waals surface area contributed by atoms with Gasteiger partial charge in [0.15, 0.2) is 0 Å². The number of likely N-dealkylation sites (tertiary alicyclic amines) is 2. The molecule has 4 aromatic carbocycles. The fourth-order valence-electron chi connectivity index (χ4n) is 10.6. The Balaban J connectivity index is 1.25. The maximum absolute atomic E-state index is 13.8. The van der Waals surface area contributed by atoms with Crippen molar-refractivity contribution in [3.05, 3.63) is 155 Å². The highest BCUT2D eigenvalue weighted by Gasteiger charge is 2.33. The van der Waals surface area contributed by atoms with Crippen LogP contribution in [0.3, 0.4) is 0 Å². The molecule has 0 saturated carbocycles. The van der Waals surface area contributed by atoms with Crippen molar-refractivity contribution in [2.24, 2.45) is 11.5 Å². The van der Waals surface area contributed by atoms with Crippen LogP contribution < -0.4 is 21.3 Å². The second-order valence-corrected chi connectivity index (χ2v) is 18.8. The predicted octanol–water partition coefficient (Wildman–Crippen LogP) is 8.80. The number of carbonyl (C=O) groups excluding carboxylic acids is 4. The molecule has 2 aromatic heterocycles. The van der Waals surface area contributed by atoms with Gasteiger partial charge >= 0.3 is 0 Å². The van der Waals surface area contributed by atoms with Gasteiger partial charge in [0.1, 0.15) is 5.82 Å². The van der Waals surface area contributed by atoms with E-state index in [4.69, 9.17) is 11.5 Å². The number of aromatic nitrogens is 3. The van der Waals surface area contributed by atoms with E-state index in [0.29, 0.717) is 54.1 Å². The second kappa shape index (κ2) is 23.2. The van der Waals surface area contributed by atoms with E-state index in [1.807, 2.05) is 131 Å². The van der Waals surface area contributed by atoms with Crippen molar-refractivity contribution in [1.82, 2.24) is 34.6 Å². The Labute approximate surface area is 423 Å². The van der Waals surface area contributed by atoms with Crippen LogP contribution in [0.2, 0.25) is 0 Å². The highest BCUT2D eigenvalue weighted by atomic mass is 16.2. The molecule has 1 unspecified atom stereocenters. The molecule has 2 aliphatic rings. The zero-order chi connectivity index (χ0) is 50.9. The first-order valence-corrected chi connectivity index (χ1v) is 25.5. The number of imidazole rings is 1. The molecule has 376 valence electrons. The van der Waals surface area contributed by atoms with Crippen LogP contribution >= 0.6 is 0 Å². The third-order valence-corrected chi connectivity index (χ3v) is 14.6. The highest BCUT2D eigenvalue weighted by molar-refractivity contribution is 6.06.